The Kier molecular flexibility index (Phi) is 7.40. The molecule has 1 unspecified atom stereocenters. The van der Waals surface area contributed by atoms with Crippen LogP contribution < -0.4 is 21.7 Å². The van der Waals surface area contributed by atoms with Crippen molar-refractivity contribution in [3.05, 3.63) is 35.4 Å². The highest BCUT2D eigenvalue weighted by atomic mass is 16.2. The van der Waals surface area contributed by atoms with Crippen LogP contribution in [0.1, 0.15) is 65.0 Å². The molecule has 0 bridgehead atoms. The highest BCUT2D eigenvalue weighted by Crippen LogP contribution is 2.65. The minimum atomic E-state index is -1.07. The number of fused-ring (bicyclic) bond motifs is 2. The highest BCUT2D eigenvalue weighted by Gasteiger charge is 2.69. The Bertz CT molecular complexity index is 1240. The highest BCUT2D eigenvalue weighted by molar-refractivity contribution is 6.37. The first kappa shape index (κ1) is 29.1. The minimum Gasteiger partial charge on any atom is -0.363 e. The Morgan fingerprint density at radius 3 is 2.17 bits per heavy atom. The molecule has 5 rings (SSSR count). The Balaban J connectivity index is 1.39. The van der Waals surface area contributed by atoms with Crippen LogP contribution >= 0.6 is 0 Å². The zero-order valence-corrected chi connectivity index (χ0v) is 24.7. The average molecular weight is 566 g/mol. The summed E-state index contributed by atoms with van der Waals surface area (Å²) in [4.78, 5) is 67.2. The number of amides is 5. The van der Waals surface area contributed by atoms with Crippen LogP contribution in [0, 0.1) is 29.1 Å². The van der Waals surface area contributed by atoms with E-state index in [1.165, 1.54) is 0 Å². The zero-order chi connectivity index (χ0) is 29.9. The first-order chi connectivity index (χ1) is 19.2. The van der Waals surface area contributed by atoms with Crippen LogP contribution in [0.5, 0.6) is 0 Å². The molecule has 10 nitrogen and oxygen atoms in total. The molecule has 1 aliphatic heterocycles. The number of urea groups is 1. The summed E-state index contributed by atoms with van der Waals surface area (Å²) in [6.07, 6.45) is 3.53. The summed E-state index contributed by atoms with van der Waals surface area (Å²) >= 11 is 0. The molecule has 222 valence electrons. The van der Waals surface area contributed by atoms with Gasteiger partial charge in [-0.1, -0.05) is 51.0 Å². The van der Waals surface area contributed by atoms with Crippen LogP contribution in [0.3, 0.4) is 0 Å². The molecule has 41 heavy (non-hydrogen) atoms. The lowest BCUT2D eigenvalue weighted by Gasteiger charge is -2.35. The monoisotopic (exact) mass is 565 g/mol. The third-order valence-corrected chi connectivity index (χ3v) is 9.50. The summed E-state index contributed by atoms with van der Waals surface area (Å²) in [7, 11) is 0. The molecule has 5 atom stereocenters. The van der Waals surface area contributed by atoms with E-state index in [1.54, 1.807) is 4.90 Å². The predicted octanol–water partition coefficient (Wildman–Crippen LogP) is 1.69. The van der Waals surface area contributed by atoms with Gasteiger partial charge in [0.15, 0.2) is 0 Å². The van der Waals surface area contributed by atoms with Crippen molar-refractivity contribution in [1.29, 1.82) is 0 Å². The fraction of sp³-hybridized carbons (Fsp3) is 0.645. The van der Waals surface area contributed by atoms with E-state index in [0.29, 0.717) is 25.8 Å². The van der Waals surface area contributed by atoms with Gasteiger partial charge in [0.25, 0.3) is 5.91 Å². The van der Waals surface area contributed by atoms with Gasteiger partial charge in [-0.25, -0.2) is 4.79 Å². The number of rotatable bonds is 9. The molecular formula is C31H43N5O5. The molecule has 1 aromatic carbocycles. The molecule has 0 aromatic heterocycles. The third kappa shape index (κ3) is 5.97. The normalized spacial score (nSPS) is 25.9. The number of likely N-dealkylation sites (tertiary alicyclic amines) is 1. The summed E-state index contributed by atoms with van der Waals surface area (Å²) < 4.78 is 0. The van der Waals surface area contributed by atoms with Crippen LogP contribution in [0.4, 0.5) is 4.79 Å². The van der Waals surface area contributed by atoms with E-state index < -0.39 is 47.3 Å². The summed E-state index contributed by atoms with van der Waals surface area (Å²) in [5.74, 6) is -2.47. The van der Waals surface area contributed by atoms with Crippen molar-refractivity contribution in [1.82, 2.24) is 20.9 Å². The predicted molar refractivity (Wildman–Crippen MR) is 152 cm³/mol. The summed E-state index contributed by atoms with van der Waals surface area (Å²) in [5, 5.41) is 8.66. The maximum absolute atomic E-state index is 14.4. The van der Waals surface area contributed by atoms with Crippen molar-refractivity contribution in [2.75, 3.05) is 6.54 Å². The summed E-state index contributed by atoms with van der Waals surface area (Å²) in [5.41, 5.74) is 6.97. The molecule has 1 saturated heterocycles. The van der Waals surface area contributed by atoms with E-state index >= 15 is 0 Å². The number of nitrogens with two attached hydrogens (primary N) is 1. The molecule has 1 heterocycles. The quantitative estimate of drug-likeness (QED) is 0.336. The van der Waals surface area contributed by atoms with Gasteiger partial charge in [0, 0.05) is 12.1 Å². The SMILES string of the molecule is CC(C)(C)NC(=O)N[C@H](C(=O)N1C[C@H]2[C@@H]([C@H]1C(=O)NC(CC1CC1)C(=O)C(N)=O)C2(C)C)C1Cc2ccccc2C1. The zero-order valence-electron chi connectivity index (χ0n) is 24.7. The minimum absolute atomic E-state index is 0.0819. The average Bonchev–Trinajstić information content (AvgIpc) is 3.63. The molecule has 5 N–H and O–H groups in total. The maximum Gasteiger partial charge on any atom is 0.315 e. The number of carbonyl (C=O) groups is 5. The second-order valence-corrected chi connectivity index (χ2v) is 14.1. The smallest absolute Gasteiger partial charge is 0.315 e. The molecular weight excluding hydrogens is 522 g/mol. The van der Waals surface area contributed by atoms with E-state index in [2.05, 4.69) is 29.8 Å². The van der Waals surface area contributed by atoms with Crippen LogP contribution in [0.2, 0.25) is 0 Å². The number of piperidine rings is 1. The number of hydrogen-bond donors (Lipinski definition) is 4. The number of Topliss-reactive ketones (excluding diaryl/α,β-unsaturated/α-hetero) is 1. The van der Waals surface area contributed by atoms with E-state index in [0.717, 1.165) is 24.0 Å². The largest absolute Gasteiger partial charge is 0.363 e. The van der Waals surface area contributed by atoms with Crippen molar-refractivity contribution < 1.29 is 24.0 Å². The number of ketones is 1. The van der Waals surface area contributed by atoms with Gasteiger partial charge in [0.1, 0.15) is 12.1 Å². The Labute approximate surface area is 241 Å². The molecule has 4 aliphatic rings. The first-order valence-electron chi connectivity index (χ1n) is 14.8. The van der Waals surface area contributed by atoms with E-state index in [4.69, 9.17) is 5.73 Å². The number of nitrogens with zero attached hydrogens (tertiary/aromatic N) is 1. The van der Waals surface area contributed by atoms with Gasteiger partial charge in [0.05, 0.1) is 6.04 Å². The number of hydrogen-bond acceptors (Lipinski definition) is 5. The van der Waals surface area contributed by atoms with Crippen molar-refractivity contribution >= 4 is 29.5 Å². The number of benzene rings is 1. The van der Waals surface area contributed by atoms with Crippen molar-refractivity contribution in [3.63, 3.8) is 0 Å². The van der Waals surface area contributed by atoms with Gasteiger partial charge in [-0.3, -0.25) is 19.2 Å². The molecule has 5 amide bonds. The van der Waals surface area contributed by atoms with Gasteiger partial charge < -0.3 is 26.6 Å². The standard InChI is InChI=1S/C31H43N5O5/c1-30(2,3)35-29(41)34-23(19-13-17-8-6-7-9-18(17)14-19)28(40)36-15-20-22(31(20,4)5)24(36)27(39)33-21(12-16-10-11-16)25(37)26(32)38/h6-9,16,19-24H,10-15H2,1-5H3,(H2,32,38)(H,33,39)(H2,34,35,41)/t20-,21?,22-,23-,24-/m0/s1. The lowest BCUT2D eigenvalue weighted by molar-refractivity contribution is -0.144. The second-order valence-electron chi connectivity index (χ2n) is 14.1. The number of carbonyl (C=O) groups excluding carboxylic acids is 5. The second kappa shape index (κ2) is 10.4. The van der Waals surface area contributed by atoms with Gasteiger partial charge in [-0.2, -0.15) is 0 Å². The van der Waals surface area contributed by atoms with Crippen LogP contribution in [-0.2, 0) is 32.0 Å². The summed E-state index contributed by atoms with van der Waals surface area (Å²) in [6.45, 7) is 10.2. The van der Waals surface area contributed by atoms with Crippen molar-refractivity contribution in [2.45, 2.75) is 90.4 Å². The Morgan fingerprint density at radius 2 is 1.63 bits per heavy atom. The van der Waals surface area contributed by atoms with E-state index in [-0.39, 0.29) is 35.0 Å². The van der Waals surface area contributed by atoms with E-state index in [1.807, 2.05) is 45.0 Å². The lowest BCUT2D eigenvalue weighted by Crippen LogP contribution is -2.61. The van der Waals surface area contributed by atoms with Crippen LogP contribution in [-0.4, -0.2) is 64.6 Å². The molecule has 3 aliphatic carbocycles. The Hall–Kier alpha value is -3.43. The molecule has 0 spiro atoms. The molecule has 0 radical (unpaired) electrons. The fourth-order valence-electron chi connectivity index (χ4n) is 7.07. The molecule has 10 heteroatoms. The van der Waals surface area contributed by atoms with Gasteiger partial charge in [-0.05, 0) is 80.2 Å². The number of primary amides is 1. The van der Waals surface area contributed by atoms with Gasteiger partial charge >= 0.3 is 6.03 Å². The van der Waals surface area contributed by atoms with Crippen LogP contribution in [0.15, 0.2) is 24.3 Å². The van der Waals surface area contributed by atoms with Crippen LogP contribution in [0.25, 0.3) is 0 Å². The Morgan fingerprint density at radius 1 is 1.02 bits per heavy atom. The van der Waals surface area contributed by atoms with Gasteiger partial charge in [0.2, 0.25) is 17.6 Å². The lowest BCUT2D eigenvalue weighted by atomic mass is 9.93. The van der Waals surface area contributed by atoms with E-state index in [9.17, 15) is 24.0 Å². The maximum atomic E-state index is 14.4. The van der Waals surface area contributed by atoms with Gasteiger partial charge in [-0.15, -0.1) is 0 Å². The summed E-state index contributed by atoms with van der Waals surface area (Å²) in [6, 6.07) is 4.96. The molecule has 2 saturated carbocycles. The fourth-order valence-corrected chi connectivity index (χ4v) is 7.07. The molecule has 1 aromatic rings. The van der Waals surface area contributed by atoms with Crippen molar-refractivity contribution in [3.8, 4) is 0 Å². The molecule has 3 fully saturated rings. The first-order valence-corrected chi connectivity index (χ1v) is 14.8. The number of nitrogens with one attached hydrogen (secondary N) is 3. The third-order valence-electron chi connectivity index (χ3n) is 9.50. The topological polar surface area (TPSA) is 151 Å². The van der Waals surface area contributed by atoms with Crippen molar-refractivity contribution in [2.24, 2.45) is 34.8 Å².